The molecule has 0 radical (unpaired) electrons. The fourth-order valence-corrected chi connectivity index (χ4v) is 3.42. The molecule has 2 aliphatic rings. The minimum atomic E-state index is -0.440. The Morgan fingerprint density at radius 2 is 1.88 bits per heavy atom. The molecular formula is C19H18N2O4. The summed E-state index contributed by atoms with van der Waals surface area (Å²) in [6, 6.07) is 14.6. The summed E-state index contributed by atoms with van der Waals surface area (Å²) in [5.74, 6) is 0.628. The average Bonchev–Trinajstić information content (AvgIpc) is 3.20. The van der Waals surface area contributed by atoms with Crippen molar-refractivity contribution in [1.82, 2.24) is 4.90 Å². The van der Waals surface area contributed by atoms with Gasteiger partial charge in [-0.2, -0.15) is 0 Å². The van der Waals surface area contributed by atoms with E-state index in [1.165, 1.54) is 0 Å². The van der Waals surface area contributed by atoms with Crippen molar-refractivity contribution in [2.75, 3.05) is 19.2 Å². The Hall–Kier alpha value is -3.02. The molecule has 2 aromatic carbocycles. The van der Waals surface area contributed by atoms with Gasteiger partial charge in [-0.15, -0.1) is 0 Å². The molecule has 1 fully saturated rings. The van der Waals surface area contributed by atoms with Crippen LogP contribution in [0, 0.1) is 5.92 Å². The first kappa shape index (κ1) is 15.5. The first-order valence-electron chi connectivity index (χ1n) is 8.14. The van der Waals surface area contributed by atoms with Gasteiger partial charge in [-0.05, 0) is 17.7 Å². The Labute approximate surface area is 145 Å². The van der Waals surface area contributed by atoms with Crippen LogP contribution in [0.1, 0.15) is 18.0 Å². The predicted octanol–water partition coefficient (Wildman–Crippen LogP) is 2.57. The van der Waals surface area contributed by atoms with Crippen LogP contribution >= 0.6 is 0 Å². The van der Waals surface area contributed by atoms with Gasteiger partial charge in [-0.1, -0.05) is 30.3 Å². The summed E-state index contributed by atoms with van der Waals surface area (Å²) in [4.78, 5) is 26.7. The topological polar surface area (TPSA) is 67.9 Å². The second-order valence-corrected chi connectivity index (χ2v) is 6.23. The number of nitrogens with one attached hydrogen (secondary N) is 1. The second kappa shape index (κ2) is 6.12. The van der Waals surface area contributed by atoms with E-state index < -0.39 is 5.92 Å². The molecule has 25 heavy (non-hydrogen) atoms. The first-order chi connectivity index (χ1) is 12.1. The molecular weight excluding hydrogens is 320 g/mol. The molecule has 2 atom stereocenters. The van der Waals surface area contributed by atoms with Crippen LogP contribution in [0.4, 0.5) is 5.69 Å². The predicted molar refractivity (Wildman–Crippen MR) is 91.3 cm³/mol. The Balaban J connectivity index is 1.57. The highest BCUT2D eigenvalue weighted by molar-refractivity contribution is 5.98. The lowest BCUT2D eigenvalue weighted by molar-refractivity contribution is -0.127. The van der Waals surface area contributed by atoms with Gasteiger partial charge in [-0.3, -0.25) is 9.59 Å². The molecule has 2 heterocycles. The Morgan fingerprint density at radius 3 is 2.68 bits per heavy atom. The van der Waals surface area contributed by atoms with Crippen LogP contribution in [0.25, 0.3) is 0 Å². The van der Waals surface area contributed by atoms with Crippen molar-refractivity contribution >= 4 is 17.5 Å². The molecule has 0 aromatic heterocycles. The first-order valence-corrected chi connectivity index (χ1v) is 8.14. The van der Waals surface area contributed by atoms with E-state index in [4.69, 9.17) is 9.47 Å². The van der Waals surface area contributed by atoms with Crippen LogP contribution in [0.5, 0.6) is 11.5 Å². The maximum Gasteiger partial charge on any atom is 0.231 e. The summed E-state index contributed by atoms with van der Waals surface area (Å²) in [6.45, 7) is 0.185. The number of rotatable bonds is 3. The summed E-state index contributed by atoms with van der Waals surface area (Å²) in [5.41, 5.74) is 1.59. The quantitative estimate of drug-likeness (QED) is 0.934. The maximum atomic E-state index is 12.8. The molecule has 6 heteroatoms. The lowest BCUT2D eigenvalue weighted by atomic mass is 9.93. The van der Waals surface area contributed by atoms with E-state index in [-0.39, 0.29) is 31.1 Å². The van der Waals surface area contributed by atoms with Gasteiger partial charge in [0.25, 0.3) is 0 Å². The molecule has 0 unspecified atom stereocenters. The highest BCUT2D eigenvalue weighted by atomic mass is 16.7. The molecule has 1 N–H and O–H groups in total. The zero-order valence-electron chi connectivity index (χ0n) is 13.8. The molecule has 2 aromatic rings. The van der Waals surface area contributed by atoms with Crippen molar-refractivity contribution in [2.24, 2.45) is 5.92 Å². The molecule has 4 rings (SSSR count). The summed E-state index contributed by atoms with van der Waals surface area (Å²) >= 11 is 0. The summed E-state index contributed by atoms with van der Waals surface area (Å²) in [6.07, 6.45) is 0.201. The van der Waals surface area contributed by atoms with Gasteiger partial charge in [0.05, 0.1) is 12.0 Å². The highest BCUT2D eigenvalue weighted by Crippen LogP contribution is 2.38. The molecule has 6 nitrogen and oxygen atoms in total. The molecule has 0 saturated carbocycles. The number of hydrogen-bond acceptors (Lipinski definition) is 4. The average molecular weight is 338 g/mol. The number of fused-ring (bicyclic) bond motifs is 1. The minimum Gasteiger partial charge on any atom is -0.454 e. The van der Waals surface area contributed by atoms with Crippen molar-refractivity contribution in [3.63, 3.8) is 0 Å². The maximum absolute atomic E-state index is 12.8. The third kappa shape index (κ3) is 2.80. The van der Waals surface area contributed by atoms with Crippen LogP contribution in [0.3, 0.4) is 0 Å². The van der Waals surface area contributed by atoms with E-state index in [1.807, 2.05) is 30.3 Å². The van der Waals surface area contributed by atoms with Crippen molar-refractivity contribution in [2.45, 2.75) is 12.5 Å². The van der Waals surface area contributed by atoms with E-state index in [0.717, 1.165) is 5.56 Å². The molecule has 2 amide bonds. The van der Waals surface area contributed by atoms with Crippen LogP contribution in [0.2, 0.25) is 0 Å². The smallest absolute Gasteiger partial charge is 0.231 e. The van der Waals surface area contributed by atoms with Gasteiger partial charge in [0.1, 0.15) is 0 Å². The number of carbonyl (C=O) groups is 2. The Bertz CT molecular complexity index is 821. The number of amides is 2. The number of anilines is 1. The van der Waals surface area contributed by atoms with E-state index in [2.05, 4.69) is 5.32 Å². The molecule has 2 aliphatic heterocycles. The van der Waals surface area contributed by atoms with Crippen LogP contribution in [0.15, 0.2) is 48.5 Å². The lowest BCUT2D eigenvalue weighted by Crippen LogP contribution is -2.30. The van der Waals surface area contributed by atoms with E-state index in [0.29, 0.717) is 17.2 Å². The van der Waals surface area contributed by atoms with Gasteiger partial charge >= 0.3 is 0 Å². The molecule has 0 bridgehead atoms. The van der Waals surface area contributed by atoms with Gasteiger partial charge in [0, 0.05) is 25.2 Å². The fourth-order valence-electron chi connectivity index (χ4n) is 3.42. The number of likely N-dealkylation sites (tertiary alicyclic amines) is 1. The van der Waals surface area contributed by atoms with Crippen LogP contribution in [-0.4, -0.2) is 30.6 Å². The van der Waals surface area contributed by atoms with Crippen LogP contribution in [-0.2, 0) is 9.59 Å². The standard InChI is InChI=1S/C19H18N2O4/c1-21-17(22)10-14(18(21)12-5-3-2-4-6-12)19(23)20-13-7-8-15-16(9-13)25-11-24-15/h2-9,14,18H,10-11H2,1H3,(H,20,23)/t14-,18+/m0/s1. The van der Waals surface area contributed by atoms with Gasteiger partial charge in [-0.25, -0.2) is 0 Å². The highest BCUT2D eigenvalue weighted by Gasteiger charge is 2.42. The van der Waals surface area contributed by atoms with E-state index in [9.17, 15) is 9.59 Å². The molecule has 1 saturated heterocycles. The summed E-state index contributed by atoms with van der Waals surface area (Å²) < 4.78 is 10.6. The summed E-state index contributed by atoms with van der Waals surface area (Å²) in [5, 5.41) is 2.90. The third-order valence-corrected chi connectivity index (χ3v) is 4.70. The van der Waals surface area contributed by atoms with Gasteiger partial charge < -0.3 is 19.7 Å². The van der Waals surface area contributed by atoms with Gasteiger partial charge in [0.2, 0.25) is 18.6 Å². The molecule has 128 valence electrons. The number of carbonyl (C=O) groups excluding carboxylic acids is 2. The zero-order valence-corrected chi connectivity index (χ0v) is 13.8. The Kier molecular flexibility index (Phi) is 3.80. The van der Waals surface area contributed by atoms with E-state index >= 15 is 0 Å². The lowest BCUT2D eigenvalue weighted by Gasteiger charge is -2.25. The van der Waals surface area contributed by atoms with Crippen LogP contribution < -0.4 is 14.8 Å². The monoisotopic (exact) mass is 338 g/mol. The second-order valence-electron chi connectivity index (χ2n) is 6.23. The SMILES string of the molecule is CN1C(=O)C[C@H](C(=O)Nc2ccc3c(c2)OCO3)[C@H]1c1ccccc1. The third-order valence-electron chi connectivity index (χ3n) is 4.70. The minimum absolute atomic E-state index is 0.0281. The van der Waals surface area contributed by atoms with Crippen molar-refractivity contribution in [3.05, 3.63) is 54.1 Å². The zero-order chi connectivity index (χ0) is 17.4. The number of nitrogens with zero attached hydrogens (tertiary/aromatic N) is 1. The fraction of sp³-hybridized carbons (Fsp3) is 0.263. The summed E-state index contributed by atoms with van der Waals surface area (Å²) in [7, 11) is 1.74. The largest absolute Gasteiger partial charge is 0.454 e. The number of ether oxygens (including phenoxy) is 2. The van der Waals surface area contributed by atoms with Gasteiger partial charge in [0.15, 0.2) is 11.5 Å². The molecule has 0 spiro atoms. The number of benzene rings is 2. The normalized spacial score (nSPS) is 21.5. The van der Waals surface area contributed by atoms with E-state index in [1.54, 1.807) is 30.1 Å². The van der Waals surface area contributed by atoms with Crippen molar-refractivity contribution in [3.8, 4) is 11.5 Å². The Morgan fingerprint density at radius 1 is 1.12 bits per heavy atom. The van der Waals surface area contributed by atoms with Crippen molar-refractivity contribution < 1.29 is 19.1 Å². The molecule has 0 aliphatic carbocycles. The van der Waals surface area contributed by atoms with Crippen molar-refractivity contribution in [1.29, 1.82) is 0 Å². The number of hydrogen-bond donors (Lipinski definition) is 1.